The number of aliphatic hydroxyl groups is 1. The van der Waals surface area contributed by atoms with Gasteiger partial charge < -0.3 is 9.53 Å². The third-order valence-corrected chi connectivity index (χ3v) is 10.0. The summed E-state index contributed by atoms with van der Waals surface area (Å²) in [6.45, 7) is 18.1. The second-order valence-corrected chi connectivity index (χ2v) is 13.0. The van der Waals surface area contributed by atoms with Crippen LogP contribution in [0.15, 0.2) is 9.66 Å². The van der Waals surface area contributed by atoms with Crippen LogP contribution in [-0.2, 0) is 4.43 Å². The lowest BCUT2D eigenvalue weighted by molar-refractivity contribution is 0.0458. The largest absolute Gasteiger partial charge is 0.413 e. The number of allylic oxidation sites excluding steroid dienone is 1. The van der Waals surface area contributed by atoms with Crippen molar-refractivity contribution in [3.05, 3.63) is 9.66 Å². The highest BCUT2D eigenvalue weighted by atomic mass is 127. The Morgan fingerprint density at radius 3 is 2.10 bits per heavy atom. The van der Waals surface area contributed by atoms with E-state index in [1.807, 2.05) is 0 Å². The maximum absolute atomic E-state index is 9.56. The van der Waals surface area contributed by atoms with Gasteiger partial charge in [0.15, 0.2) is 8.32 Å². The highest BCUT2D eigenvalue weighted by Gasteiger charge is 2.41. The first-order valence-electron chi connectivity index (χ1n) is 7.50. The molecule has 0 spiro atoms. The minimum absolute atomic E-state index is 0.132. The summed E-state index contributed by atoms with van der Waals surface area (Å²) < 4.78 is 8.75. The lowest BCUT2D eigenvalue weighted by atomic mass is 9.89. The Hall–Kier alpha value is 0.607. The molecule has 0 fully saturated rings. The predicted octanol–water partition coefficient (Wildman–Crippen LogP) is 5.37. The lowest BCUT2D eigenvalue weighted by Gasteiger charge is -2.42. The van der Waals surface area contributed by atoms with Crippen LogP contribution < -0.4 is 0 Å². The van der Waals surface area contributed by atoms with Crippen molar-refractivity contribution in [1.29, 1.82) is 0 Å². The zero-order chi connectivity index (χ0) is 16.1. The molecule has 1 N–H and O–H groups in total. The van der Waals surface area contributed by atoms with E-state index in [0.717, 1.165) is 6.42 Å². The molecule has 0 aromatic rings. The topological polar surface area (TPSA) is 29.5 Å². The van der Waals surface area contributed by atoms with Crippen LogP contribution >= 0.6 is 22.6 Å². The predicted molar refractivity (Wildman–Crippen MR) is 99.9 cm³/mol. The average Bonchev–Trinajstić information content (AvgIpc) is 2.33. The van der Waals surface area contributed by atoms with Gasteiger partial charge >= 0.3 is 0 Å². The number of hydrogen-bond acceptors (Lipinski definition) is 2. The molecule has 0 saturated carbocycles. The summed E-state index contributed by atoms with van der Waals surface area (Å²) in [6.07, 6.45) is 1.17. The molecule has 0 aliphatic rings. The minimum atomic E-state index is -1.80. The molecule has 3 atom stereocenters. The maximum Gasteiger partial charge on any atom is 0.192 e. The van der Waals surface area contributed by atoms with Crippen LogP contribution in [0.5, 0.6) is 0 Å². The van der Waals surface area contributed by atoms with E-state index in [-0.39, 0.29) is 23.7 Å². The van der Waals surface area contributed by atoms with E-state index < -0.39 is 8.32 Å². The molecule has 0 heterocycles. The summed E-state index contributed by atoms with van der Waals surface area (Å²) in [4.78, 5) is 0. The monoisotopic (exact) mass is 412 g/mol. The number of rotatable bonds is 7. The van der Waals surface area contributed by atoms with Crippen LogP contribution in [0.4, 0.5) is 0 Å². The van der Waals surface area contributed by atoms with Crippen LogP contribution in [0, 0.1) is 11.8 Å². The third-order valence-electron chi connectivity index (χ3n) is 4.48. The Bertz CT molecular complexity index is 321. The van der Waals surface area contributed by atoms with E-state index in [1.54, 1.807) is 0 Å². The van der Waals surface area contributed by atoms with Gasteiger partial charge in [-0.1, -0.05) is 62.8 Å². The molecule has 0 bridgehead atoms. The number of halogens is 1. The molecular formula is C16H33IO2Si. The minimum Gasteiger partial charge on any atom is -0.413 e. The summed E-state index contributed by atoms with van der Waals surface area (Å²) in [5.41, 5.74) is 1.38. The van der Waals surface area contributed by atoms with Gasteiger partial charge in [-0.05, 0) is 41.5 Å². The molecule has 4 heteroatoms. The van der Waals surface area contributed by atoms with Gasteiger partial charge in [-0.15, -0.1) is 0 Å². The highest BCUT2D eigenvalue weighted by molar-refractivity contribution is 14.1. The van der Waals surface area contributed by atoms with Crippen LogP contribution in [0.25, 0.3) is 0 Å². The SMILES string of the molecule is C/C(=C\I)C[C@H](C)[C@H](O[Si](C)(C)C(C)(C)C)[C@H](C)CO. The van der Waals surface area contributed by atoms with E-state index in [1.165, 1.54) is 5.57 Å². The molecule has 0 aromatic heterocycles. The highest BCUT2D eigenvalue weighted by Crippen LogP contribution is 2.39. The second kappa shape index (κ2) is 8.29. The van der Waals surface area contributed by atoms with Gasteiger partial charge in [-0.25, -0.2) is 0 Å². The first-order chi connectivity index (χ1) is 8.96. The van der Waals surface area contributed by atoms with Gasteiger partial charge in [0.2, 0.25) is 0 Å². The van der Waals surface area contributed by atoms with Gasteiger partial charge in [0.05, 0.1) is 6.10 Å². The standard InChI is InChI=1S/C16H33IO2Si/c1-12(10-17)9-13(2)15(14(3)11-18)19-20(7,8)16(4,5)6/h10,13-15,18H,9,11H2,1-8H3/b12-10+/t13-,14+,15-/m0/s1. The Morgan fingerprint density at radius 2 is 1.75 bits per heavy atom. The molecule has 0 saturated heterocycles. The molecule has 0 aliphatic heterocycles. The number of hydrogen-bond donors (Lipinski definition) is 1. The van der Waals surface area contributed by atoms with Crippen molar-refractivity contribution in [3.63, 3.8) is 0 Å². The Labute approximate surface area is 140 Å². The van der Waals surface area contributed by atoms with Gasteiger partial charge in [-0.3, -0.25) is 0 Å². The Kier molecular flexibility index (Phi) is 8.55. The zero-order valence-electron chi connectivity index (χ0n) is 14.5. The summed E-state index contributed by atoms with van der Waals surface area (Å²) in [7, 11) is -1.80. The van der Waals surface area contributed by atoms with Gasteiger partial charge in [-0.2, -0.15) is 0 Å². The normalized spacial score (nSPS) is 18.8. The molecular weight excluding hydrogens is 379 g/mol. The summed E-state index contributed by atoms with van der Waals surface area (Å²) in [5, 5.41) is 9.77. The number of aliphatic hydroxyl groups excluding tert-OH is 1. The van der Waals surface area contributed by atoms with Crippen LogP contribution in [0.2, 0.25) is 18.1 Å². The second-order valence-electron chi connectivity index (χ2n) is 7.64. The molecule has 0 aromatic carbocycles. The van der Waals surface area contributed by atoms with Gasteiger partial charge in [0, 0.05) is 12.5 Å². The summed E-state index contributed by atoms with van der Waals surface area (Å²) >= 11 is 2.29. The van der Waals surface area contributed by atoms with Crippen LogP contribution in [0.1, 0.15) is 48.0 Å². The average molecular weight is 412 g/mol. The van der Waals surface area contributed by atoms with E-state index in [4.69, 9.17) is 4.43 Å². The van der Waals surface area contributed by atoms with Crippen LogP contribution in [0.3, 0.4) is 0 Å². The van der Waals surface area contributed by atoms with Crippen LogP contribution in [-0.4, -0.2) is 26.1 Å². The van der Waals surface area contributed by atoms with E-state index in [0.29, 0.717) is 5.92 Å². The first-order valence-corrected chi connectivity index (χ1v) is 11.7. The molecule has 20 heavy (non-hydrogen) atoms. The fourth-order valence-corrected chi connectivity index (χ4v) is 3.84. The molecule has 0 unspecified atom stereocenters. The smallest absolute Gasteiger partial charge is 0.192 e. The molecule has 0 radical (unpaired) electrons. The van der Waals surface area contributed by atoms with Crippen molar-refractivity contribution in [1.82, 2.24) is 0 Å². The zero-order valence-corrected chi connectivity index (χ0v) is 17.6. The fourth-order valence-electron chi connectivity index (χ4n) is 2.08. The van der Waals surface area contributed by atoms with Crippen molar-refractivity contribution in [2.75, 3.05) is 6.61 Å². The fraction of sp³-hybridized carbons (Fsp3) is 0.875. The van der Waals surface area contributed by atoms with Gasteiger partial charge in [0.25, 0.3) is 0 Å². The van der Waals surface area contributed by atoms with Crippen molar-refractivity contribution < 1.29 is 9.53 Å². The Balaban J connectivity index is 5.09. The summed E-state index contributed by atoms with van der Waals surface area (Å²) in [6, 6.07) is 0. The molecule has 0 rings (SSSR count). The van der Waals surface area contributed by atoms with Crippen molar-refractivity contribution in [2.24, 2.45) is 11.8 Å². The van der Waals surface area contributed by atoms with Crippen molar-refractivity contribution in [2.45, 2.75) is 72.2 Å². The van der Waals surface area contributed by atoms with E-state index >= 15 is 0 Å². The van der Waals surface area contributed by atoms with Gasteiger partial charge in [0.1, 0.15) is 0 Å². The Morgan fingerprint density at radius 1 is 1.25 bits per heavy atom. The van der Waals surface area contributed by atoms with E-state index in [2.05, 4.69) is 81.3 Å². The summed E-state index contributed by atoms with van der Waals surface area (Å²) in [5.74, 6) is 0.610. The van der Waals surface area contributed by atoms with E-state index in [9.17, 15) is 5.11 Å². The molecule has 0 amide bonds. The quantitative estimate of drug-likeness (QED) is 0.450. The molecule has 2 nitrogen and oxygen atoms in total. The first kappa shape index (κ1) is 20.6. The van der Waals surface area contributed by atoms with Crippen molar-refractivity contribution in [3.8, 4) is 0 Å². The third kappa shape index (κ3) is 6.16. The van der Waals surface area contributed by atoms with Crippen molar-refractivity contribution >= 4 is 30.9 Å². The molecule has 120 valence electrons. The molecule has 0 aliphatic carbocycles. The lowest BCUT2D eigenvalue weighted by Crippen LogP contribution is -2.48. The maximum atomic E-state index is 9.56.